The number of likely N-dealkylation sites (N-methyl/N-ethyl adjacent to an activating group) is 1. The van der Waals surface area contributed by atoms with E-state index in [1.807, 2.05) is 13.1 Å². The van der Waals surface area contributed by atoms with Crippen LogP contribution in [0.5, 0.6) is 0 Å². The normalized spacial score (nSPS) is 33.5. The first-order valence-corrected chi connectivity index (χ1v) is 9.94. The molecule has 26 heavy (non-hydrogen) atoms. The zero-order chi connectivity index (χ0) is 18.1. The van der Waals surface area contributed by atoms with Gasteiger partial charge in [-0.25, -0.2) is 0 Å². The van der Waals surface area contributed by atoms with Crippen molar-refractivity contribution in [3.8, 4) is 0 Å². The summed E-state index contributed by atoms with van der Waals surface area (Å²) in [7, 11) is 1.87. The van der Waals surface area contributed by atoms with Crippen LogP contribution in [0.15, 0.2) is 42.5 Å². The average Bonchev–Trinajstić information content (AvgIpc) is 3.03. The van der Waals surface area contributed by atoms with Gasteiger partial charge in [0.15, 0.2) is 0 Å². The third-order valence-electron chi connectivity index (χ3n) is 6.46. The van der Waals surface area contributed by atoms with Gasteiger partial charge in [-0.3, -0.25) is 9.69 Å². The van der Waals surface area contributed by atoms with E-state index in [0.717, 1.165) is 32.4 Å². The highest BCUT2D eigenvalue weighted by atomic mass is 16.3. The van der Waals surface area contributed by atoms with E-state index in [1.165, 1.54) is 12.0 Å². The first-order chi connectivity index (χ1) is 12.5. The Bertz CT molecular complexity index is 674. The summed E-state index contributed by atoms with van der Waals surface area (Å²) in [6.45, 7) is 2.81. The highest BCUT2D eigenvalue weighted by Gasteiger charge is 2.41. The molecule has 0 spiro atoms. The van der Waals surface area contributed by atoms with Crippen molar-refractivity contribution >= 4 is 5.91 Å². The molecular formula is C22H30N2O2. The number of allylic oxidation sites excluding steroid dienone is 2. The number of carbonyl (C=O) groups is 1. The van der Waals surface area contributed by atoms with Crippen LogP contribution in [0.4, 0.5) is 0 Å². The van der Waals surface area contributed by atoms with Gasteiger partial charge >= 0.3 is 0 Å². The Labute approximate surface area is 156 Å². The second kappa shape index (κ2) is 7.16. The number of carbonyl (C=O) groups excluding carboxylic acids is 1. The van der Waals surface area contributed by atoms with Gasteiger partial charge in [-0.05, 0) is 43.1 Å². The molecule has 1 saturated carbocycles. The molecule has 2 fully saturated rings. The van der Waals surface area contributed by atoms with Gasteiger partial charge < -0.3 is 10.0 Å². The lowest BCUT2D eigenvalue weighted by Crippen LogP contribution is -2.49. The van der Waals surface area contributed by atoms with Crippen LogP contribution in [-0.4, -0.2) is 53.1 Å². The molecule has 1 saturated heterocycles. The van der Waals surface area contributed by atoms with E-state index in [-0.39, 0.29) is 11.8 Å². The van der Waals surface area contributed by atoms with Crippen LogP contribution in [0, 0.1) is 17.8 Å². The van der Waals surface area contributed by atoms with E-state index in [9.17, 15) is 9.90 Å². The molecular weight excluding hydrogens is 324 g/mol. The summed E-state index contributed by atoms with van der Waals surface area (Å²) in [5, 5.41) is 11.0. The number of nitrogens with zero attached hydrogens (tertiary/aromatic N) is 2. The summed E-state index contributed by atoms with van der Waals surface area (Å²) >= 11 is 0. The van der Waals surface area contributed by atoms with Crippen molar-refractivity contribution in [1.29, 1.82) is 0 Å². The molecule has 1 heterocycles. The molecule has 1 aliphatic heterocycles. The Hall–Kier alpha value is -1.65. The number of likely N-dealkylation sites (tertiary alicyclic amines) is 1. The summed E-state index contributed by atoms with van der Waals surface area (Å²) in [6.07, 6.45) is 8.63. The van der Waals surface area contributed by atoms with Crippen LogP contribution in [0.1, 0.15) is 31.2 Å². The minimum absolute atomic E-state index is 0.120. The van der Waals surface area contributed by atoms with Crippen molar-refractivity contribution in [3.63, 3.8) is 0 Å². The van der Waals surface area contributed by atoms with E-state index in [2.05, 4.69) is 41.3 Å². The van der Waals surface area contributed by atoms with Crippen molar-refractivity contribution in [3.05, 3.63) is 48.0 Å². The molecule has 1 amide bonds. The van der Waals surface area contributed by atoms with Crippen molar-refractivity contribution < 1.29 is 9.90 Å². The number of rotatable bonds is 5. The van der Waals surface area contributed by atoms with Crippen molar-refractivity contribution in [2.24, 2.45) is 17.8 Å². The average molecular weight is 354 g/mol. The number of benzene rings is 1. The Kier molecular flexibility index (Phi) is 4.89. The van der Waals surface area contributed by atoms with E-state index in [4.69, 9.17) is 0 Å². The Morgan fingerprint density at radius 3 is 2.73 bits per heavy atom. The number of β-amino-alcohol motifs (C(OH)–C–C–N with tert-alkyl or cyclic N) is 1. The van der Waals surface area contributed by atoms with Gasteiger partial charge in [-0.15, -0.1) is 0 Å². The predicted octanol–water partition coefficient (Wildman–Crippen LogP) is 2.68. The summed E-state index contributed by atoms with van der Waals surface area (Å²) in [5.74, 6) is 1.33. The van der Waals surface area contributed by atoms with Crippen LogP contribution in [0.3, 0.4) is 0 Å². The Morgan fingerprint density at radius 1 is 1.27 bits per heavy atom. The molecule has 4 aliphatic rings. The molecule has 1 N–H and O–H groups in total. The first-order valence-electron chi connectivity index (χ1n) is 9.94. The maximum Gasteiger partial charge on any atom is 0.226 e. The SMILES string of the molecule is CN(CC1(O)CCN(Cc2ccccc2)C1)C(=O)[C@@H]1C[C@@H]2C=C[C@H]1CC2. The molecule has 4 atom stereocenters. The van der Waals surface area contributed by atoms with E-state index < -0.39 is 5.60 Å². The van der Waals surface area contributed by atoms with Crippen LogP contribution < -0.4 is 0 Å². The highest BCUT2D eigenvalue weighted by molar-refractivity contribution is 5.79. The Balaban J connectivity index is 1.33. The van der Waals surface area contributed by atoms with E-state index in [1.54, 1.807) is 4.90 Å². The largest absolute Gasteiger partial charge is 0.387 e. The number of aliphatic hydroxyl groups is 1. The number of hydrogen-bond acceptors (Lipinski definition) is 3. The summed E-state index contributed by atoms with van der Waals surface area (Å²) < 4.78 is 0. The summed E-state index contributed by atoms with van der Waals surface area (Å²) in [4.78, 5) is 17.0. The molecule has 0 aromatic heterocycles. The highest BCUT2D eigenvalue weighted by Crippen LogP contribution is 2.41. The minimum atomic E-state index is -0.789. The monoisotopic (exact) mass is 354 g/mol. The van der Waals surface area contributed by atoms with E-state index >= 15 is 0 Å². The second-order valence-electron chi connectivity index (χ2n) is 8.59. The molecule has 4 heteroatoms. The molecule has 2 bridgehead atoms. The molecule has 4 nitrogen and oxygen atoms in total. The van der Waals surface area contributed by atoms with Gasteiger partial charge in [0.05, 0.1) is 12.1 Å². The molecule has 1 unspecified atom stereocenters. The lowest BCUT2D eigenvalue weighted by molar-refractivity contribution is -0.140. The molecule has 0 radical (unpaired) electrons. The van der Waals surface area contributed by atoms with Gasteiger partial charge in [0.25, 0.3) is 0 Å². The molecule has 1 aromatic carbocycles. The van der Waals surface area contributed by atoms with Crippen LogP contribution in [0.25, 0.3) is 0 Å². The van der Waals surface area contributed by atoms with Crippen LogP contribution in [0.2, 0.25) is 0 Å². The lowest BCUT2D eigenvalue weighted by Gasteiger charge is -2.40. The quantitative estimate of drug-likeness (QED) is 0.827. The second-order valence-corrected chi connectivity index (χ2v) is 8.59. The molecule has 5 rings (SSSR count). The maximum absolute atomic E-state index is 13.0. The maximum atomic E-state index is 13.0. The smallest absolute Gasteiger partial charge is 0.226 e. The fourth-order valence-electron chi connectivity index (χ4n) is 5.06. The van der Waals surface area contributed by atoms with Gasteiger partial charge in [0.1, 0.15) is 0 Å². The van der Waals surface area contributed by atoms with Crippen molar-refractivity contribution in [2.45, 2.75) is 37.8 Å². The molecule has 1 aromatic rings. The number of amides is 1. The summed E-state index contributed by atoms with van der Waals surface area (Å²) in [5.41, 5.74) is 0.481. The Morgan fingerprint density at radius 2 is 2.08 bits per heavy atom. The van der Waals surface area contributed by atoms with Gasteiger partial charge in [-0.1, -0.05) is 42.5 Å². The van der Waals surface area contributed by atoms with Crippen molar-refractivity contribution in [1.82, 2.24) is 9.80 Å². The zero-order valence-electron chi connectivity index (χ0n) is 15.7. The van der Waals surface area contributed by atoms with Crippen molar-refractivity contribution in [2.75, 3.05) is 26.7 Å². The zero-order valence-corrected chi connectivity index (χ0v) is 15.7. The topological polar surface area (TPSA) is 43.8 Å². The van der Waals surface area contributed by atoms with Gasteiger partial charge in [0, 0.05) is 32.6 Å². The minimum Gasteiger partial charge on any atom is -0.387 e. The first kappa shape index (κ1) is 17.7. The standard InChI is InChI=1S/C22H30N2O2/c1-23(21(25)20-13-17-7-9-19(20)10-8-17)15-22(26)11-12-24(16-22)14-18-5-3-2-4-6-18/h2-7,9,17,19-20,26H,8,10-16H2,1H3/t17-,19+,20-,22?/m1/s1. The third-order valence-corrected chi connectivity index (χ3v) is 6.46. The fraction of sp³-hybridized carbons (Fsp3) is 0.591. The number of hydrogen-bond donors (Lipinski definition) is 1. The van der Waals surface area contributed by atoms with Crippen LogP contribution in [-0.2, 0) is 11.3 Å². The third kappa shape index (κ3) is 3.72. The fourth-order valence-corrected chi connectivity index (χ4v) is 5.06. The predicted molar refractivity (Wildman–Crippen MR) is 102 cm³/mol. The number of fused-ring (bicyclic) bond motifs is 2. The van der Waals surface area contributed by atoms with E-state index in [0.29, 0.717) is 24.9 Å². The lowest BCUT2D eigenvalue weighted by atomic mass is 9.68. The van der Waals surface area contributed by atoms with Gasteiger partial charge in [0.2, 0.25) is 5.91 Å². The van der Waals surface area contributed by atoms with Gasteiger partial charge in [-0.2, -0.15) is 0 Å². The molecule has 140 valence electrons. The van der Waals surface area contributed by atoms with Crippen LogP contribution >= 0.6 is 0 Å². The molecule has 3 aliphatic carbocycles. The summed E-state index contributed by atoms with van der Waals surface area (Å²) in [6, 6.07) is 10.4.